The molecule has 4 rings (SSSR count). The van der Waals surface area contributed by atoms with Crippen molar-refractivity contribution in [1.29, 1.82) is 0 Å². The third kappa shape index (κ3) is 2.10. The minimum atomic E-state index is -0.334. The lowest BCUT2D eigenvalue weighted by molar-refractivity contribution is 0.779. The fourth-order valence-electron chi connectivity index (χ4n) is 4.87. The monoisotopic (exact) mass is 348 g/mol. The molecule has 132 valence electrons. The van der Waals surface area contributed by atoms with E-state index in [2.05, 4.69) is 99.8 Å². The first-order chi connectivity index (χ1) is 13.2. The topological polar surface area (TPSA) is 0 Å². The van der Waals surface area contributed by atoms with Crippen molar-refractivity contribution >= 4 is 11.1 Å². The van der Waals surface area contributed by atoms with Crippen LogP contribution in [0.25, 0.3) is 11.1 Å². The van der Waals surface area contributed by atoms with E-state index in [0.717, 1.165) is 0 Å². The van der Waals surface area contributed by atoms with E-state index in [1.807, 2.05) is 12.2 Å². The van der Waals surface area contributed by atoms with Crippen LogP contribution in [-0.2, 0) is 5.41 Å². The van der Waals surface area contributed by atoms with Crippen LogP contribution in [-0.4, -0.2) is 0 Å². The van der Waals surface area contributed by atoms with Crippen LogP contribution in [0.2, 0.25) is 0 Å². The highest BCUT2D eigenvalue weighted by Crippen LogP contribution is 2.61. The van der Waals surface area contributed by atoms with Crippen LogP contribution in [0.15, 0.2) is 109 Å². The molecule has 0 saturated heterocycles. The Morgan fingerprint density at radius 1 is 0.667 bits per heavy atom. The zero-order chi connectivity index (χ0) is 19.0. The van der Waals surface area contributed by atoms with E-state index in [1.165, 1.54) is 44.5 Å². The molecule has 2 aromatic rings. The summed E-state index contributed by atoms with van der Waals surface area (Å²) in [6.07, 6.45) is 12.7. The van der Waals surface area contributed by atoms with Gasteiger partial charge in [-0.15, -0.1) is 0 Å². The largest absolute Gasteiger partial charge is 0.0987 e. The summed E-state index contributed by atoms with van der Waals surface area (Å²) in [5.74, 6) is 0. The molecule has 0 radical (unpaired) electrons. The third-order valence-electron chi connectivity index (χ3n) is 5.71. The fourth-order valence-corrected chi connectivity index (χ4v) is 4.87. The molecule has 0 saturated carbocycles. The van der Waals surface area contributed by atoms with Gasteiger partial charge in [-0.05, 0) is 58.4 Å². The Balaban J connectivity index is 2.25. The van der Waals surface area contributed by atoms with Crippen LogP contribution in [0.5, 0.6) is 0 Å². The Morgan fingerprint density at radius 3 is 1.74 bits per heavy atom. The Morgan fingerprint density at radius 2 is 1.22 bits per heavy atom. The molecule has 2 aliphatic carbocycles. The summed E-state index contributed by atoms with van der Waals surface area (Å²) >= 11 is 0. The third-order valence-corrected chi connectivity index (χ3v) is 5.71. The maximum atomic E-state index is 4.23. The van der Waals surface area contributed by atoms with Gasteiger partial charge in [-0.25, -0.2) is 0 Å². The maximum Gasteiger partial charge on any atom is 0.0725 e. The number of fused-ring (bicyclic) bond motifs is 4. The highest BCUT2D eigenvalue weighted by Gasteiger charge is 2.51. The normalized spacial score (nSPS) is 20.8. The Labute approximate surface area is 162 Å². The van der Waals surface area contributed by atoms with Crippen molar-refractivity contribution in [3.8, 4) is 0 Å². The van der Waals surface area contributed by atoms with Gasteiger partial charge in [-0.3, -0.25) is 0 Å². The van der Waals surface area contributed by atoms with Crippen molar-refractivity contribution in [2.24, 2.45) is 0 Å². The van der Waals surface area contributed by atoms with Crippen molar-refractivity contribution in [3.05, 3.63) is 132 Å². The summed E-state index contributed by atoms with van der Waals surface area (Å²) in [6, 6.07) is 17.5. The van der Waals surface area contributed by atoms with Crippen LogP contribution in [0, 0.1) is 0 Å². The zero-order valence-corrected chi connectivity index (χ0v) is 16.0. The van der Waals surface area contributed by atoms with E-state index in [0.29, 0.717) is 0 Å². The first-order valence-corrected chi connectivity index (χ1v) is 9.45. The lowest BCUT2D eigenvalue weighted by Crippen LogP contribution is -2.27. The number of benzene rings is 2. The predicted octanol–water partition coefficient (Wildman–Crippen LogP) is 7.03. The second-order valence-corrected chi connectivity index (χ2v) is 6.90. The fraction of sp³-hybridized carbons (Fsp3) is 0.111. The van der Waals surface area contributed by atoms with E-state index in [-0.39, 0.29) is 5.41 Å². The van der Waals surface area contributed by atoms with Gasteiger partial charge in [0.15, 0.2) is 0 Å². The highest BCUT2D eigenvalue weighted by atomic mass is 14.5. The van der Waals surface area contributed by atoms with Crippen LogP contribution in [0.3, 0.4) is 0 Å². The predicted molar refractivity (Wildman–Crippen MR) is 118 cm³/mol. The molecule has 27 heavy (non-hydrogen) atoms. The summed E-state index contributed by atoms with van der Waals surface area (Å²) in [6.45, 7) is 12.5. The van der Waals surface area contributed by atoms with Crippen molar-refractivity contribution in [2.45, 2.75) is 19.3 Å². The second kappa shape index (κ2) is 6.55. The first-order valence-electron chi connectivity index (χ1n) is 9.45. The molecule has 1 atom stereocenters. The van der Waals surface area contributed by atoms with Gasteiger partial charge in [0.1, 0.15) is 0 Å². The SMILES string of the molecule is C=CC1=C(/C=C\C)C2(C(C=C)=C(/C=C\C)c3ccccc32)c2ccccc21. The number of hydrogen-bond acceptors (Lipinski definition) is 0. The van der Waals surface area contributed by atoms with Gasteiger partial charge < -0.3 is 0 Å². The minimum Gasteiger partial charge on any atom is -0.0987 e. The standard InChI is InChI=1S/C27H24/c1-5-13-20-22-16-10-12-18-26(22)27(23(20)8-4)24(14-6-2)19(7-3)21-15-9-11-17-25(21)27/h5-18H,3-4H2,1-2H3/b13-5-,14-6-. The lowest BCUT2D eigenvalue weighted by Gasteiger charge is -2.32. The zero-order valence-electron chi connectivity index (χ0n) is 16.0. The quantitative estimate of drug-likeness (QED) is 0.556. The molecule has 2 aliphatic rings. The van der Waals surface area contributed by atoms with Crippen LogP contribution < -0.4 is 0 Å². The van der Waals surface area contributed by atoms with E-state index >= 15 is 0 Å². The van der Waals surface area contributed by atoms with Crippen LogP contribution in [0.4, 0.5) is 0 Å². The first kappa shape index (κ1) is 17.3. The van der Waals surface area contributed by atoms with E-state index < -0.39 is 0 Å². The molecule has 1 spiro atoms. The average Bonchev–Trinajstić information content (AvgIpc) is 3.14. The van der Waals surface area contributed by atoms with Crippen molar-refractivity contribution in [2.75, 3.05) is 0 Å². The van der Waals surface area contributed by atoms with Crippen molar-refractivity contribution in [1.82, 2.24) is 0 Å². The van der Waals surface area contributed by atoms with Crippen molar-refractivity contribution in [3.63, 3.8) is 0 Å². The van der Waals surface area contributed by atoms with Gasteiger partial charge in [0.2, 0.25) is 0 Å². The highest BCUT2D eigenvalue weighted by molar-refractivity contribution is 5.99. The Kier molecular flexibility index (Phi) is 4.20. The number of allylic oxidation sites excluding steroid dienone is 10. The van der Waals surface area contributed by atoms with Gasteiger partial charge >= 0.3 is 0 Å². The van der Waals surface area contributed by atoms with Gasteiger partial charge in [0.05, 0.1) is 5.41 Å². The second-order valence-electron chi connectivity index (χ2n) is 6.90. The summed E-state index contributed by atoms with van der Waals surface area (Å²) in [5.41, 5.74) is 9.84. The Hall–Kier alpha value is -3.12. The maximum absolute atomic E-state index is 4.23. The van der Waals surface area contributed by atoms with E-state index in [1.54, 1.807) is 0 Å². The summed E-state index contributed by atoms with van der Waals surface area (Å²) in [7, 11) is 0. The molecule has 0 amide bonds. The van der Waals surface area contributed by atoms with Gasteiger partial charge in [-0.1, -0.05) is 98.1 Å². The van der Waals surface area contributed by atoms with Crippen molar-refractivity contribution < 1.29 is 0 Å². The number of hydrogen-bond donors (Lipinski definition) is 0. The molecule has 0 heteroatoms. The minimum absolute atomic E-state index is 0.334. The molecular formula is C27H24. The van der Waals surface area contributed by atoms with Crippen LogP contribution in [0.1, 0.15) is 36.1 Å². The molecule has 0 N–H and O–H groups in total. The molecule has 1 unspecified atom stereocenters. The summed E-state index contributed by atoms with van der Waals surface area (Å²) in [5, 5.41) is 0. The number of rotatable bonds is 4. The molecule has 0 bridgehead atoms. The molecule has 0 heterocycles. The molecule has 2 aromatic carbocycles. The average molecular weight is 348 g/mol. The Bertz CT molecular complexity index is 1070. The molecule has 0 aromatic heterocycles. The summed E-state index contributed by atoms with van der Waals surface area (Å²) in [4.78, 5) is 0. The van der Waals surface area contributed by atoms with E-state index in [4.69, 9.17) is 0 Å². The molecule has 0 fully saturated rings. The lowest BCUT2D eigenvalue weighted by atomic mass is 9.68. The van der Waals surface area contributed by atoms with Gasteiger partial charge in [0.25, 0.3) is 0 Å². The van der Waals surface area contributed by atoms with Gasteiger partial charge in [-0.2, -0.15) is 0 Å². The molecule has 0 aliphatic heterocycles. The summed E-state index contributed by atoms with van der Waals surface area (Å²) < 4.78 is 0. The smallest absolute Gasteiger partial charge is 0.0725 e. The molecular weight excluding hydrogens is 324 g/mol. The molecule has 0 nitrogen and oxygen atoms in total. The van der Waals surface area contributed by atoms with Crippen LogP contribution >= 0.6 is 0 Å². The van der Waals surface area contributed by atoms with E-state index in [9.17, 15) is 0 Å². The van der Waals surface area contributed by atoms with Gasteiger partial charge in [0, 0.05) is 0 Å².